The predicted octanol–water partition coefficient (Wildman–Crippen LogP) is 3.40. The van der Waals surface area contributed by atoms with Crippen molar-refractivity contribution in [2.24, 2.45) is 4.99 Å². The average molecular weight is 530 g/mol. The van der Waals surface area contributed by atoms with Gasteiger partial charge in [0.1, 0.15) is 0 Å². The summed E-state index contributed by atoms with van der Waals surface area (Å²) in [5.41, 5.74) is 2.59. The Hall–Kier alpha value is -2.52. The largest absolute Gasteiger partial charge is 0.463 e. The van der Waals surface area contributed by atoms with Crippen LogP contribution in [0.2, 0.25) is 0 Å². The highest BCUT2D eigenvalue weighted by Crippen LogP contribution is 2.30. The Morgan fingerprint density at radius 3 is 2.57 bits per heavy atom. The second-order valence-corrected chi connectivity index (χ2v) is 9.02. The molecule has 0 amide bonds. The van der Waals surface area contributed by atoms with Crippen LogP contribution < -0.4 is 14.9 Å². The summed E-state index contributed by atoms with van der Waals surface area (Å²) in [6, 6.07) is 16.9. The third kappa shape index (κ3) is 3.91. The minimum Gasteiger partial charge on any atom is -0.463 e. The lowest BCUT2D eigenvalue weighted by molar-refractivity contribution is -0.139. The molecule has 0 spiro atoms. The van der Waals surface area contributed by atoms with E-state index in [4.69, 9.17) is 4.74 Å². The number of hydrogen-bond donors (Lipinski definition) is 0. The number of esters is 1. The summed E-state index contributed by atoms with van der Waals surface area (Å²) in [7, 11) is 0. The summed E-state index contributed by atoms with van der Waals surface area (Å²) in [5.74, 6) is -0.445. The number of fused-ring (bicyclic) bond motifs is 1. The summed E-state index contributed by atoms with van der Waals surface area (Å²) in [4.78, 5) is 31.4. The molecule has 0 aliphatic carbocycles. The van der Waals surface area contributed by atoms with Gasteiger partial charge in [-0.1, -0.05) is 53.8 Å². The van der Waals surface area contributed by atoms with Crippen molar-refractivity contribution in [3.05, 3.63) is 100 Å². The highest BCUT2D eigenvalue weighted by atomic mass is 127. The summed E-state index contributed by atoms with van der Waals surface area (Å²) in [5, 5.41) is 0. The van der Waals surface area contributed by atoms with Gasteiger partial charge in [0.15, 0.2) is 4.80 Å². The number of rotatable bonds is 4. The second-order valence-electron chi connectivity index (χ2n) is 6.76. The lowest BCUT2D eigenvalue weighted by Gasteiger charge is -2.24. The maximum atomic E-state index is 13.4. The fraction of sp³-hybridized carbons (Fsp3) is 0.174. The molecule has 1 atom stereocenters. The van der Waals surface area contributed by atoms with Gasteiger partial charge in [-0.05, 0) is 65.8 Å². The van der Waals surface area contributed by atoms with E-state index in [9.17, 15) is 9.59 Å². The Morgan fingerprint density at radius 2 is 1.90 bits per heavy atom. The van der Waals surface area contributed by atoms with Gasteiger partial charge in [-0.3, -0.25) is 9.36 Å². The van der Waals surface area contributed by atoms with E-state index in [0.29, 0.717) is 20.6 Å². The molecule has 7 heteroatoms. The fourth-order valence-electron chi connectivity index (χ4n) is 3.45. The van der Waals surface area contributed by atoms with Crippen molar-refractivity contribution < 1.29 is 9.53 Å². The van der Waals surface area contributed by atoms with Crippen molar-refractivity contribution in [3.63, 3.8) is 0 Å². The van der Waals surface area contributed by atoms with E-state index in [1.54, 1.807) is 18.4 Å². The number of carbonyl (C=O) groups excluding carboxylic acids is 1. The van der Waals surface area contributed by atoms with Crippen LogP contribution in [0.5, 0.6) is 0 Å². The molecule has 0 N–H and O–H groups in total. The molecule has 2 heterocycles. The van der Waals surface area contributed by atoms with E-state index < -0.39 is 12.0 Å². The standard InChI is InChI=1S/C23H19IN2O3S/c1-3-29-22(28)19-14(2)25-23-26(20(19)16-7-5-4-6-8-16)21(27)18(30-23)13-15-9-11-17(24)12-10-15/h4-13,20H,3H2,1-2H3/b18-13-/t20-/m0/s1. The third-order valence-electron chi connectivity index (χ3n) is 4.80. The number of allylic oxidation sites excluding steroid dienone is 1. The van der Waals surface area contributed by atoms with E-state index in [2.05, 4.69) is 27.6 Å². The Morgan fingerprint density at radius 1 is 1.20 bits per heavy atom. The molecule has 3 aromatic rings. The van der Waals surface area contributed by atoms with E-state index in [1.807, 2.05) is 60.7 Å². The first kappa shape index (κ1) is 20.7. The van der Waals surface area contributed by atoms with Crippen molar-refractivity contribution in [3.8, 4) is 0 Å². The van der Waals surface area contributed by atoms with Crippen LogP contribution in [0.4, 0.5) is 0 Å². The lowest BCUT2D eigenvalue weighted by atomic mass is 9.96. The van der Waals surface area contributed by atoms with Crippen molar-refractivity contribution >= 4 is 46.0 Å². The van der Waals surface area contributed by atoms with Crippen LogP contribution >= 0.6 is 33.9 Å². The predicted molar refractivity (Wildman–Crippen MR) is 126 cm³/mol. The summed E-state index contributed by atoms with van der Waals surface area (Å²) in [6.45, 7) is 3.81. The van der Waals surface area contributed by atoms with Crippen LogP contribution in [0.3, 0.4) is 0 Å². The van der Waals surface area contributed by atoms with E-state index in [1.165, 1.54) is 11.3 Å². The minimum absolute atomic E-state index is 0.166. The molecule has 0 bridgehead atoms. The second kappa shape index (κ2) is 8.69. The van der Waals surface area contributed by atoms with Gasteiger partial charge in [0, 0.05) is 3.57 Å². The SMILES string of the molecule is CCOC(=O)C1=C(C)N=c2s/c(=C\c3ccc(I)cc3)c(=O)n2[C@H]1c1ccccc1. The zero-order valence-electron chi connectivity index (χ0n) is 16.5. The molecule has 0 saturated carbocycles. The third-order valence-corrected chi connectivity index (χ3v) is 6.50. The zero-order valence-corrected chi connectivity index (χ0v) is 19.4. The average Bonchev–Trinajstić information content (AvgIpc) is 3.04. The first-order valence-electron chi connectivity index (χ1n) is 9.49. The number of hydrogen-bond acceptors (Lipinski definition) is 5. The Bertz CT molecular complexity index is 1310. The van der Waals surface area contributed by atoms with E-state index >= 15 is 0 Å². The molecular formula is C23H19IN2O3S. The maximum Gasteiger partial charge on any atom is 0.338 e. The van der Waals surface area contributed by atoms with Crippen LogP contribution in [0.1, 0.15) is 31.0 Å². The van der Waals surface area contributed by atoms with Gasteiger partial charge in [0.25, 0.3) is 5.56 Å². The van der Waals surface area contributed by atoms with Crippen molar-refractivity contribution in [1.29, 1.82) is 0 Å². The van der Waals surface area contributed by atoms with Gasteiger partial charge in [-0.2, -0.15) is 0 Å². The first-order valence-corrected chi connectivity index (χ1v) is 11.4. The number of thiazole rings is 1. The molecule has 1 aromatic heterocycles. The molecule has 2 aromatic carbocycles. The number of halogens is 1. The highest BCUT2D eigenvalue weighted by Gasteiger charge is 2.33. The van der Waals surface area contributed by atoms with Crippen LogP contribution in [-0.4, -0.2) is 17.1 Å². The summed E-state index contributed by atoms with van der Waals surface area (Å²) < 4.78 is 8.61. The Labute approximate surface area is 191 Å². The summed E-state index contributed by atoms with van der Waals surface area (Å²) >= 11 is 3.58. The molecule has 5 nitrogen and oxygen atoms in total. The molecule has 152 valence electrons. The molecule has 1 aliphatic rings. The first-order chi connectivity index (χ1) is 14.5. The van der Waals surface area contributed by atoms with E-state index in [-0.39, 0.29) is 12.2 Å². The van der Waals surface area contributed by atoms with Crippen molar-refractivity contribution in [2.75, 3.05) is 6.61 Å². The zero-order chi connectivity index (χ0) is 21.3. The van der Waals surface area contributed by atoms with Crippen molar-refractivity contribution in [1.82, 2.24) is 4.57 Å². The summed E-state index contributed by atoms with van der Waals surface area (Å²) in [6.07, 6.45) is 1.87. The van der Waals surface area contributed by atoms with Crippen LogP contribution in [0.15, 0.2) is 75.7 Å². The lowest BCUT2D eigenvalue weighted by Crippen LogP contribution is -2.39. The fourth-order valence-corrected chi connectivity index (χ4v) is 4.86. The van der Waals surface area contributed by atoms with Crippen LogP contribution in [-0.2, 0) is 9.53 Å². The number of ether oxygens (including phenoxy) is 1. The quantitative estimate of drug-likeness (QED) is 0.384. The number of aromatic nitrogens is 1. The van der Waals surface area contributed by atoms with Gasteiger partial charge in [0.05, 0.1) is 28.5 Å². The van der Waals surface area contributed by atoms with E-state index in [0.717, 1.165) is 14.7 Å². The van der Waals surface area contributed by atoms with Gasteiger partial charge in [-0.25, -0.2) is 9.79 Å². The number of benzene rings is 2. The minimum atomic E-state index is -0.569. The van der Waals surface area contributed by atoms with Gasteiger partial charge in [0.2, 0.25) is 0 Å². The molecule has 30 heavy (non-hydrogen) atoms. The van der Waals surface area contributed by atoms with Gasteiger partial charge in [-0.15, -0.1) is 0 Å². The van der Waals surface area contributed by atoms with Crippen LogP contribution in [0.25, 0.3) is 6.08 Å². The smallest absolute Gasteiger partial charge is 0.338 e. The molecule has 1 aliphatic heterocycles. The molecule has 0 unspecified atom stereocenters. The van der Waals surface area contributed by atoms with Gasteiger partial charge >= 0.3 is 5.97 Å². The highest BCUT2D eigenvalue weighted by molar-refractivity contribution is 14.1. The number of carbonyl (C=O) groups is 1. The Kier molecular flexibility index (Phi) is 6.01. The van der Waals surface area contributed by atoms with Crippen LogP contribution in [0, 0.1) is 3.57 Å². The molecule has 0 saturated heterocycles. The van der Waals surface area contributed by atoms with Crippen molar-refractivity contribution in [2.45, 2.75) is 19.9 Å². The molecule has 0 fully saturated rings. The van der Waals surface area contributed by atoms with Gasteiger partial charge < -0.3 is 4.74 Å². The normalized spacial score (nSPS) is 16.2. The number of nitrogens with zero attached hydrogens (tertiary/aromatic N) is 2. The maximum absolute atomic E-state index is 13.4. The Balaban J connectivity index is 1.94. The monoisotopic (exact) mass is 530 g/mol. The molecule has 4 rings (SSSR count). The molecule has 0 radical (unpaired) electrons. The topological polar surface area (TPSA) is 60.7 Å². The molecular weight excluding hydrogens is 511 g/mol.